The van der Waals surface area contributed by atoms with Gasteiger partial charge in [0.25, 0.3) is 0 Å². The number of methoxy groups -OCH3 is 1. The SMILES string of the molecule is COc1cc2c(Oc3ccc(NC(=O)Cc4ncc(-c5ccc(F)cc5)o4)cc3F)ccnc2cc1OCCCN1CCC(C)CC1. The summed E-state index contributed by atoms with van der Waals surface area (Å²) in [4.78, 5) is 23.7. The Morgan fingerprint density at radius 2 is 1.79 bits per heavy atom. The van der Waals surface area contributed by atoms with E-state index in [1.54, 1.807) is 43.6 Å². The standard InChI is InChI=1S/C36H36F2N4O5/c1-23-11-15-42(16-12-23)14-3-17-45-33-20-29-27(19-32(33)44-2)30(10-13-39-29)46-31-9-8-26(18-28(31)38)41-35(43)21-36-40-22-34(47-36)24-4-6-25(37)7-5-24/h4-10,13,18-20,22-23H,3,11-12,14-17,21H2,1-2H3,(H,41,43). The van der Waals surface area contributed by atoms with Gasteiger partial charge in [0.05, 0.1) is 25.4 Å². The molecule has 0 spiro atoms. The van der Waals surface area contributed by atoms with E-state index in [-0.39, 0.29) is 29.6 Å². The fraction of sp³-hybridized carbons (Fsp3) is 0.306. The highest BCUT2D eigenvalue weighted by Crippen LogP contribution is 2.38. The zero-order chi connectivity index (χ0) is 32.8. The maximum Gasteiger partial charge on any atom is 0.233 e. The average Bonchev–Trinajstić information content (AvgIpc) is 3.53. The van der Waals surface area contributed by atoms with E-state index >= 15 is 4.39 Å². The van der Waals surface area contributed by atoms with Gasteiger partial charge in [-0.15, -0.1) is 0 Å². The zero-order valence-electron chi connectivity index (χ0n) is 26.3. The van der Waals surface area contributed by atoms with Gasteiger partial charge in [0.1, 0.15) is 18.0 Å². The first-order valence-corrected chi connectivity index (χ1v) is 15.6. The minimum atomic E-state index is -0.669. The Bertz CT molecular complexity index is 1840. The molecule has 0 bridgehead atoms. The lowest BCUT2D eigenvalue weighted by atomic mass is 9.99. The summed E-state index contributed by atoms with van der Waals surface area (Å²) in [6, 6.07) is 15.1. The summed E-state index contributed by atoms with van der Waals surface area (Å²) in [5.74, 6) is 1.36. The molecule has 244 valence electrons. The lowest BCUT2D eigenvalue weighted by Gasteiger charge is -2.30. The first-order valence-electron chi connectivity index (χ1n) is 15.6. The summed E-state index contributed by atoms with van der Waals surface area (Å²) < 4.78 is 51.7. The number of benzene rings is 3. The molecule has 2 aromatic heterocycles. The topological polar surface area (TPSA) is 99.0 Å². The summed E-state index contributed by atoms with van der Waals surface area (Å²) in [5.41, 5.74) is 1.48. The number of halogens is 2. The van der Waals surface area contributed by atoms with Gasteiger partial charge >= 0.3 is 0 Å². The van der Waals surface area contributed by atoms with Crippen LogP contribution >= 0.6 is 0 Å². The molecule has 0 unspecified atom stereocenters. The summed E-state index contributed by atoms with van der Waals surface area (Å²) in [7, 11) is 1.57. The van der Waals surface area contributed by atoms with Crippen molar-refractivity contribution in [3.8, 4) is 34.3 Å². The van der Waals surface area contributed by atoms with Crippen LogP contribution in [0.2, 0.25) is 0 Å². The van der Waals surface area contributed by atoms with Crippen molar-refractivity contribution in [2.24, 2.45) is 5.92 Å². The van der Waals surface area contributed by atoms with E-state index < -0.39 is 11.7 Å². The fourth-order valence-electron chi connectivity index (χ4n) is 5.51. The van der Waals surface area contributed by atoms with Crippen molar-refractivity contribution in [3.05, 3.63) is 90.6 Å². The summed E-state index contributed by atoms with van der Waals surface area (Å²) in [6.07, 6.45) is 6.27. The van der Waals surface area contributed by atoms with Crippen LogP contribution < -0.4 is 19.5 Å². The number of carbonyl (C=O) groups excluding carboxylic acids is 1. The molecule has 6 rings (SSSR count). The van der Waals surface area contributed by atoms with Crippen LogP contribution in [0.25, 0.3) is 22.2 Å². The number of hydrogen-bond donors (Lipinski definition) is 1. The number of fused-ring (bicyclic) bond motifs is 1. The Kier molecular flexibility index (Phi) is 9.92. The molecule has 0 saturated carbocycles. The zero-order valence-corrected chi connectivity index (χ0v) is 26.3. The first kappa shape index (κ1) is 31.9. The highest BCUT2D eigenvalue weighted by Gasteiger charge is 2.17. The van der Waals surface area contributed by atoms with E-state index in [2.05, 4.69) is 27.1 Å². The van der Waals surface area contributed by atoms with Crippen LogP contribution in [-0.2, 0) is 11.2 Å². The molecule has 1 fully saturated rings. The highest BCUT2D eigenvalue weighted by atomic mass is 19.1. The molecule has 0 atom stereocenters. The molecule has 1 amide bonds. The van der Waals surface area contributed by atoms with E-state index in [4.69, 9.17) is 18.6 Å². The van der Waals surface area contributed by atoms with E-state index in [9.17, 15) is 9.18 Å². The number of piperidine rings is 1. The normalized spacial score (nSPS) is 13.9. The fourth-order valence-corrected chi connectivity index (χ4v) is 5.51. The van der Waals surface area contributed by atoms with Gasteiger partial charge in [-0.3, -0.25) is 9.78 Å². The van der Waals surface area contributed by atoms with Gasteiger partial charge in [0.15, 0.2) is 28.8 Å². The molecule has 1 N–H and O–H groups in total. The molecular formula is C36H36F2N4O5. The predicted molar refractivity (Wildman–Crippen MR) is 174 cm³/mol. The average molecular weight is 643 g/mol. The first-order chi connectivity index (χ1) is 22.8. The smallest absolute Gasteiger partial charge is 0.233 e. The van der Waals surface area contributed by atoms with Crippen LogP contribution in [0.5, 0.6) is 23.0 Å². The number of carbonyl (C=O) groups is 1. The predicted octanol–water partition coefficient (Wildman–Crippen LogP) is 7.65. The van der Waals surface area contributed by atoms with Gasteiger partial charge in [-0.1, -0.05) is 6.92 Å². The van der Waals surface area contributed by atoms with Crippen molar-refractivity contribution in [3.63, 3.8) is 0 Å². The number of aromatic nitrogens is 2. The maximum atomic E-state index is 15.2. The summed E-state index contributed by atoms with van der Waals surface area (Å²) >= 11 is 0. The lowest BCUT2D eigenvalue weighted by molar-refractivity contribution is -0.115. The molecule has 1 saturated heterocycles. The quantitative estimate of drug-likeness (QED) is 0.139. The Morgan fingerprint density at radius 3 is 2.55 bits per heavy atom. The van der Waals surface area contributed by atoms with Gasteiger partial charge < -0.3 is 28.8 Å². The van der Waals surface area contributed by atoms with Crippen molar-refractivity contribution < 1.29 is 32.2 Å². The van der Waals surface area contributed by atoms with Crippen LogP contribution in [0.4, 0.5) is 14.5 Å². The van der Waals surface area contributed by atoms with Crippen molar-refractivity contribution in [1.29, 1.82) is 0 Å². The van der Waals surface area contributed by atoms with Gasteiger partial charge in [0.2, 0.25) is 11.8 Å². The molecule has 11 heteroatoms. The molecule has 5 aromatic rings. The van der Waals surface area contributed by atoms with Crippen LogP contribution in [-0.4, -0.2) is 54.1 Å². The van der Waals surface area contributed by atoms with Gasteiger partial charge in [0, 0.05) is 41.5 Å². The second kappa shape index (κ2) is 14.6. The number of nitrogens with zero attached hydrogens (tertiary/aromatic N) is 3. The minimum Gasteiger partial charge on any atom is -0.493 e. The number of hydrogen-bond acceptors (Lipinski definition) is 8. The Balaban J connectivity index is 1.07. The lowest BCUT2D eigenvalue weighted by Crippen LogP contribution is -2.34. The maximum absolute atomic E-state index is 15.2. The number of nitrogens with one attached hydrogen (secondary N) is 1. The van der Waals surface area contributed by atoms with Crippen LogP contribution in [0, 0.1) is 17.6 Å². The van der Waals surface area contributed by atoms with Crippen LogP contribution in [0.3, 0.4) is 0 Å². The molecule has 47 heavy (non-hydrogen) atoms. The van der Waals surface area contributed by atoms with Crippen molar-refractivity contribution in [2.75, 3.05) is 38.7 Å². The second-order valence-corrected chi connectivity index (χ2v) is 11.7. The van der Waals surface area contributed by atoms with Crippen molar-refractivity contribution >= 4 is 22.5 Å². The third-order valence-corrected chi connectivity index (χ3v) is 8.17. The summed E-state index contributed by atoms with van der Waals surface area (Å²) in [6.45, 7) is 6.12. The minimum absolute atomic E-state index is 0.0291. The third kappa shape index (κ3) is 8.04. The van der Waals surface area contributed by atoms with Gasteiger partial charge in [-0.25, -0.2) is 13.8 Å². The third-order valence-electron chi connectivity index (χ3n) is 8.17. The number of rotatable bonds is 12. The molecule has 1 aliphatic heterocycles. The Morgan fingerprint density at radius 1 is 0.979 bits per heavy atom. The van der Waals surface area contributed by atoms with Crippen molar-refractivity contribution in [2.45, 2.75) is 32.6 Å². The number of oxazole rings is 1. The Hall–Kier alpha value is -5.03. The molecule has 1 aliphatic rings. The highest BCUT2D eigenvalue weighted by molar-refractivity contribution is 5.92. The molecule has 0 radical (unpaired) electrons. The van der Waals surface area contributed by atoms with E-state index in [1.165, 1.54) is 49.4 Å². The van der Waals surface area contributed by atoms with Crippen LogP contribution in [0.1, 0.15) is 32.1 Å². The van der Waals surface area contributed by atoms with E-state index in [0.29, 0.717) is 46.1 Å². The number of amides is 1. The Labute approximate surface area is 271 Å². The number of anilines is 1. The van der Waals surface area contributed by atoms with Crippen LogP contribution in [0.15, 0.2) is 77.5 Å². The molecule has 3 heterocycles. The van der Waals surface area contributed by atoms with E-state index in [1.807, 2.05) is 0 Å². The largest absolute Gasteiger partial charge is 0.493 e. The monoisotopic (exact) mass is 642 g/mol. The van der Waals surface area contributed by atoms with E-state index in [0.717, 1.165) is 32.0 Å². The number of pyridine rings is 1. The second-order valence-electron chi connectivity index (χ2n) is 11.7. The van der Waals surface area contributed by atoms with Crippen molar-refractivity contribution in [1.82, 2.24) is 14.9 Å². The molecular weight excluding hydrogens is 606 g/mol. The number of likely N-dealkylation sites (tertiary alicyclic amines) is 1. The molecule has 0 aliphatic carbocycles. The van der Waals surface area contributed by atoms with Gasteiger partial charge in [-0.05, 0) is 86.8 Å². The summed E-state index contributed by atoms with van der Waals surface area (Å²) in [5, 5.41) is 3.27. The number of ether oxygens (including phenoxy) is 3. The van der Waals surface area contributed by atoms with Gasteiger partial charge in [-0.2, -0.15) is 0 Å². The molecule has 3 aromatic carbocycles. The molecule has 9 nitrogen and oxygen atoms in total.